The third-order valence-electron chi connectivity index (χ3n) is 3.41. The van der Waals surface area contributed by atoms with Gasteiger partial charge in [-0.05, 0) is 29.2 Å². The molecule has 0 radical (unpaired) electrons. The van der Waals surface area contributed by atoms with Crippen molar-refractivity contribution in [1.82, 2.24) is 0 Å². The first-order valence-electron chi connectivity index (χ1n) is 6.43. The monoisotopic (exact) mass is 268 g/mol. The summed E-state index contributed by atoms with van der Waals surface area (Å²) in [5.41, 5.74) is 1.44. The van der Waals surface area contributed by atoms with Gasteiger partial charge in [0.2, 0.25) is 0 Å². The lowest BCUT2D eigenvalue weighted by atomic mass is 9.86. The number of fused-ring (bicyclic) bond motifs is 2. The highest BCUT2D eigenvalue weighted by molar-refractivity contribution is 7.24. The quantitative estimate of drug-likeness (QED) is 0.539. The van der Waals surface area contributed by atoms with Crippen LogP contribution >= 0.6 is 11.3 Å². The van der Waals surface area contributed by atoms with E-state index in [-0.39, 0.29) is 10.8 Å². The molecule has 0 spiro atoms. The molecule has 0 aliphatic carbocycles. The molecule has 3 aromatic rings. The molecule has 1 heterocycles. The van der Waals surface area contributed by atoms with Crippen molar-refractivity contribution in [1.29, 1.82) is 0 Å². The van der Waals surface area contributed by atoms with Gasteiger partial charge < -0.3 is 0 Å². The van der Waals surface area contributed by atoms with Gasteiger partial charge in [-0.3, -0.25) is 4.79 Å². The van der Waals surface area contributed by atoms with E-state index in [4.69, 9.17) is 0 Å². The van der Waals surface area contributed by atoms with E-state index in [1.54, 1.807) is 11.3 Å². The first-order chi connectivity index (χ1) is 8.98. The molecule has 3 rings (SSSR count). The van der Waals surface area contributed by atoms with Gasteiger partial charge in [0, 0.05) is 20.2 Å². The van der Waals surface area contributed by atoms with E-state index in [9.17, 15) is 4.79 Å². The lowest BCUT2D eigenvalue weighted by molar-refractivity contribution is 0.596. The number of hydrogen-bond acceptors (Lipinski definition) is 2. The molecule has 0 unspecified atom stereocenters. The van der Waals surface area contributed by atoms with Crippen LogP contribution in [0, 0.1) is 0 Å². The summed E-state index contributed by atoms with van der Waals surface area (Å²) >= 11 is 1.72. The minimum absolute atomic E-state index is 0.0465. The standard InChI is InChI=1S/C17H16OS/c1-17(2,3)13-9-6-8-12-15(18)11-7-4-5-10-14(11)19-16(12)13/h4-10H,1-3H3. The maximum absolute atomic E-state index is 12.6. The lowest BCUT2D eigenvalue weighted by Gasteiger charge is -2.20. The van der Waals surface area contributed by atoms with Crippen LogP contribution < -0.4 is 5.43 Å². The predicted octanol–water partition coefficient (Wildman–Crippen LogP) is 4.71. The average Bonchev–Trinajstić information content (AvgIpc) is 2.37. The molecule has 0 N–H and O–H groups in total. The number of rotatable bonds is 0. The Labute approximate surface area is 116 Å². The summed E-state index contributed by atoms with van der Waals surface area (Å²) < 4.78 is 2.19. The Morgan fingerprint density at radius 2 is 1.58 bits per heavy atom. The maximum Gasteiger partial charge on any atom is 0.195 e. The largest absolute Gasteiger partial charge is 0.289 e. The van der Waals surface area contributed by atoms with E-state index in [1.165, 1.54) is 5.56 Å². The Morgan fingerprint density at radius 3 is 2.32 bits per heavy atom. The van der Waals surface area contributed by atoms with Crippen molar-refractivity contribution in [3.05, 3.63) is 58.3 Å². The third kappa shape index (κ3) is 1.96. The van der Waals surface area contributed by atoms with Crippen LogP contribution in [-0.4, -0.2) is 0 Å². The van der Waals surface area contributed by atoms with Crippen molar-refractivity contribution in [2.75, 3.05) is 0 Å². The van der Waals surface area contributed by atoms with Gasteiger partial charge in [-0.1, -0.05) is 45.0 Å². The van der Waals surface area contributed by atoms with E-state index in [0.29, 0.717) is 0 Å². The summed E-state index contributed by atoms with van der Waals surface area (Å²) in [6.45, 7) is 6.57. The summed E-state index contributed by atoms with van der Waals surface area (Å²) in [4.78, 5) is 12.6. The van der Waals surface area contributed by atoms with E-state index in [1.807, 2.05) is 36.4 Å². The Bertz CT molecular complexity index is 822. The molecule has 0 saturated carbocycles. The van der Waals surface area contributed by atoms with Crippen LogP contribution in [0.1, 0.15) is 26.3 Å². The first kappa shape index (κ1) is 12.4. The molecule has 0 saturated heterocycles. The topological polar surface area (TPSA) is 17.1 Å². The highest BCUT2D eigenvalue weighted by Crippen LogP contribution is 2.33. The Balaban J connectivity index is 2.55. The van der Waals surface area contributed by atoms with Crippen molar-refractivity contribution < 1.29 is 0 Å². The fraction of sp³-hybridized carbons (Fsp3) is 0.235. The summed E-state index contributed by atoms with van der Waals surface area (Å²) in [6.07, 6.45) is 0. The van der Waals surface area contributed by atoms with Crippen LogP contribution in [0.2, 0.25) is 0 Å². The van der Waals surface area contributed by atoms with Gasteiger partial charge in [0.15, 0.2) is 5.43 Å². The fourth-order valence-corrected chi connectivity index (χ4v) is 3.81. The molecule has 96 valence electrons. The normalized spacial score (nSPS) is 12.2. The fourth-order valence-electron chi connectivity index (χ4n) is 2.41. The molecular formula is C17H16OS. The zero-order valence-corrected chi connectivity index (χ0v) is 12.2. The second kappa shape index (κ2) is 4.17. The summed E-state index contributed by atoms with van der Waals surface area (Å²) in [5, 5.41) is 1.67. The number of benzene rings is 2. The minimum atomic E-state index is 0.0465. The molecule has 1 aromatic heterocycles. The third-order valence-corrected chi connectivity index (χ3v) is 4.63. The molecule has 0 amide bonds. The van der Waals surface area contributed by atoms with Crippen LogP contribution in [0.3, 0.4) is 0 Å². The van der Waals surface area contributed by atoms with Crippen molar-refractivity contribution in [3.63, 3.8) is 0 Å². The molecule has 2 heteroatoms. The van der Waals surface area contributed by atoms with Crippen molar-refractivity contribution in [3.8, 4) is 0 Å². The van der Waals surface area contributed by atoms with Gasteiger partial charge in [0.25, 0.3) is 0 Å². The Kier molecular flexibility index (Phi) is 2.72. The van der Waals surface area contributed by atoms with E-state index in [2.05, 4.69) is 26.8 Å². The second-order valence-electron chi connectivity index (χ2n) is 5.86. The molecule has 2 aromatic carbocycles. The average molecular weight is 268 g/mol. The van der Waals surface area contributed by atoms with Gasteiger partial charge in [-0.15, -0.1) is 11.3 Å². The van der Waals surface area contributed by atoms with Crippen LogP contribution in [0.5, 0.6) is 0 Å². The summed E-state index contributed by atoms with van der Waals surface area (Å²) in [6, 6.07) is 13.9. The smallest absolute Gasteiger partial charge is 0.195 e. The van der Waals surface area contributed by atoms with Gasteiger partial charge in [0.05, 0.1) is 0 Å². The summed E-state index contributed by atoms with van der Waals surface area (Å²) in [7, 11) is 0. The van der Waals surface area contributed by atoms with Gasteiger partial charge >= 0.3 is 0 Å². The molecule has 0 atom stereocenters. The second-order valence-corrected chi connectivity index (χ2v) is 6.91. The van der Waals surface area contributed by atoms with E-state index in [0.717, 1.165) is 20.2 Å². The first-order valence-corrected chi connectivity index (χ1v) is 7.25. The zero-order chi connectivity index (χ0) is 13.6. The summed E-state index contributed by atoms with van der Waals surface area (Å²) in [5.74, 6) is 0. The molecule has 0 fully saturated rings. The van der Waals surface area contributed by atoms with Gasteiger partial charge in [-0.25, -0.2) is 0 Å². The van der Waals surface area contributed by atoms with E-state index >= 15 is 0 Å². The highest BCUT2D eigenvalue weighted by Gasteiger charge is 2.18. The maximum atomic E-state index is 12.6. The van der Waals surface area contributed by atoms with Crippen LogP contribution in [0.15, 0.2) is 47.3 Å². The number of hydrogen-bond donors (Lipinski definition) is 0. The highest BCUT2D eigenvalue weighted by atomic mass is 32.1. The molecule has 0 aliphatic heterocycles. The molecule has 0 bridgehead atoms. The lowest BCUT2D eigenvalue weighted by Crippen LogP contribution is -2.12. The van der Waals surface area contributed by atoms with Crippen molar-refractivity contribution in [2.24, 2.45) is 0 Å². The van der Waals surface area contributed by atoms with E-state index < -0.39 is 0 Å². The predicted molar refractivity (Wildman–Crippen MR) is 84.3 cm³/mol. The van der Waals surface area contributed by atoms with Crippen LogP contribution in [0.4, 0.5) is 0 Å². The molecule has 0 aliphatic rings. The molecule has 1 nitrogen and oxygen atoms in total. The SMILES string of the molecule is CC(C)(C)c1cccc2c(=O)c3ccccc3sc12. The van der Waals surface area contributed by atoms with Gasteiger partial charge in [0.1, 0.15) is 0 Å². The minimum Gasteiger partial charge on any atom is -0.289 e. The van der Waals surface area contributed by atoms with Crippen molar-refractivity contribution >= 4 is 31.5 Å². The Morgan fingerprint density at radius 1 is 0.895 bits per heavy atom. The zero-order valence-electron chi connectivity index (χ0n) is 11.4. The van der Waals surface area contributed by atoms with Gasteiger partial charge in [-0.2, -0.15) is 0 Å². The molecular weight excluding hydrogens is 252 g/mol. The Hall–Kier alpha value is -1.67. The molecule has 19 heavy (non-hydrogen) atoms. The van der Waals surface area contributed by atoms with Crippen LogP contribution in [0.25, 0.3) is 20.2 Å². The van der Waals surface area contributed by atoms with Crippen molar-refractivity contribution in [2.45, 2.75) is 26.2 Å². The van der Waals surface area contributed by atoms with Crippen LogP contribution in [-0.2, 0) is 5.41 Å².